The maximum absolute atomic E-state index is 6.09. The van der Waals surface area contributed by atoms with Gasteiger partial charge in [-0.2, -0.15) is 11.3 Å². The first-order valence-electron chi connectivity index (χ1n) is 11.7. The fourth-order valence-electron chi connectivity index (χ4n) is 4.36. The van der Waals surface area contributed by atoms with Crippen molar-refractivity contribution < 1.29 is 4.74 Å². The molecule has 7 heteroatoms. The Balaban J connectivity index is 0.00000320. The van der Waals surface area contributed by atoms with E-state index in [4.69, 9.17) is 4.74 Å². The van der Waals surface area contributed by atoms with Crippen LogP contribution in [-0.2, 0) is 11.3 Å². The van der Waals surface area contributed by atoms with Crippen LogP contribution in [0.25, 0.3) is 0 Å². The van der Waals surface area contributed by atoms with Crippen LogP contribution in [0.3, 0.4) is 0 Å². The Morgan fingerprint density at radius 3 is 2.57 bits per heavy atom. The Morgan fingerprint density at radius 2 is 1.90 bits per heavy atom. The van der Waals surface area contributed by atoms with E-state index in [0.717, 1.165) is 51.6 Å². The number of ether oxygens (including phenoxy) is 1. The normalized spacial score (nSPS) is 19.8. The van der Waals surface area contributed by atoms with Gasteiger partial charge >= 0.3 is 0 Å². The molecule has 1 saturated carbocycles. The van der Waals surface area contributed by atoms with Crippen molar-refractivity contribution in [3.63, 3.8) is 0 Å². The van der Waals surface area contributed by atoms with E-state index in [0.29, 0.717) is 12.1 Å². The zero-order valence-electron chi connectivity index (χ0n) is 18.6. The summed E-state index contributed by atoms with van der Waals surface area (Å²) in [5, 5.41) is 11.5. The van der Waals surface area contributed by atoms with Gasteiger partial charge in [0.2, 0.25) is 0 Å². The molecule has 1 aromatic rings. The number of rotatable bonds is 9. The molecule has 0 amide bonds. The van der Waals surface area contributed by atoms with E-state index in [1.165, 1.54) is 56.9 Å². The fourth-order valence-corrected chi connectivity index (χ4v) is 5.02. The molecule has 5 nitrogen and oxygen atoms in total. The molecule has 2 fully saturated rings. The van der Waals surface area contributed by atoms with Crippen molar-refractivity contribution in [3.05, 3.63) is 22.4 Å². The molecule has 3 rings (SSSR count). The van der Waals surface area contributed by atoms with Gasteiger partial charge in [-0.05, 0) is 60.9 Å². The highest BCUT2D eigenvalue weighted by Gasteiger charge is 2.20. The van der Waals surface area contributed by atoms with Crippen molar-refractivity contribution in [2.45, 2.75) is 82.9 Å². The minimum Gasteiger partial charge on any atom is -0.378 e. The SMILES string of the molecule is CN=C(NCCCCOC1CCCCCC1)NC1CCN(Cc2ccsc2)CC1.I. The van der Waals surface area contributed by atoms with Gasteiger partial charge in [-0.1, -0.05) is 25.7 Å². The summed E-state index contributed by atoms with van der Waals surface area (Å²) in [6.45, 7) is 5.27. The molecular formula is C23H41IN4OS. The van der Waals surface area contributed by atoms with Crippen molar-refractivity contribution in [1.29, 1.82) is 0 Å². The number of guanidine groups is 1. The summed E-state index contributed by atoms with van der Waals surface area (Å²) in [6, 6.07) is 2.76. The van der Waals surface area contributed by atoms with Gasteiger partial charge in [0.1, 0.15) is 0 Å². The quantitative estimate of drug-likeness (QED) is 0.150. The Kier molecular flexibility index (Phi) is 13.3. The predicted molar refractivity (Wildman–Crippen MR) is 139 cm³/mol. The van der Waals surface area contributed by atoms with Gasteiger partial charge in [-0.15, -0.1) is 24.0 Å². The second kappa shape index (κ2) is 15.4. The molecule has 0 atom stereocenters. The molecule has 2 aliphatic rings. The molecule has 2 heterocycles. The lowest BCUT2D eigenvalue weighted by atomic mass is 10.0. The third kappa shape index (κ3) is 9.83. The summed E-state index contributed by atoms with van der Waals surface area (Å²) in [6.07, 6.45) is 13.1. The van der Waals surface area contributed by atoms with Crippen LogP contribution in [0, 0.1) is 0 Å². The summed E-state index contributed by atoms with van der Waals surface area (Å²) < 4.78 is 6.09. The zero-order chi connectivity index (χ0) is 20.2. The highest BCUT2D eigenvalue weighted by molar-refractivity contribution is 14.0. The molecule has 2 N–H and O–H groups in total. The molecule has 0 radical (unpaired) electrons. The lowest BCUT2D eigenvalue weighted by Crippen LogP contribution is -2.48. The minimum absolute atomic E-state index is 0. The van der Waals surface area contributed by atoms with Crippen LogP contribution in [0.4, 0.5) is 0 Å². The number of piperidine rings is 1. The number of nitrogens with one attached hydrogen (secondary N) is 2. The average molecular weight is 549 g/mol. The van der Waals surface area contributed by atoms with E-state index >= 15 is 0 Å². The van der Waals surface area contributed by atoms with Crippen molar-refractivity contribution in [2.24, 2.45) is 4.99 Å². The van der Waals surface area contributed by atoms with Gasteiger partial charge in [0, 0.05) is 45.9 Å². The average Bonchev–Trinajstić information content (AvgIpc) is 3.12. The molecule has 0 bridgehead atoms. The van der Waals surface area contributed by atoms with E-state index in [1.54, 1.807) is 11.3 Å². The standard InChI is InChI=1S/C23H40N4OS.HI/c1-24-23(25-13-6-7-16-28-22-8-4-2-3-5-9-22)26-21-10-14-27(15-11-21)18-20-12-17-29-19-20;/h12,17,19,21-22H,2-11,13-16,18H2,1H3,(H2,24,25,26);1H. The summed E-state index contributed by atoms with van der Waals surface area (Å²) in [4.78, 5) is 6.97. The third-order valence-corrected chi connectivity index (χ3v) is 6.89. The fraction of sp³-hybridized carbons (Fsp3) is 0.783. The van der Waals surface area contributed by atoms with Gasteiger partial charge < -0.3 is 15.4 Å². The lowest BCUT2D eigenvalue weighted by Gasteiger charge is -2.33. The summed E-state index contributed by atoms with van der Waals surface area (Å²) >= 11 is 1.79. The molecule has 1 aromatic heterocycles. The molecule has 1 aliphatic heterocycles. The van der Waals surface area contributed by atoms with Crippen molar-refractivity contribution in [2.75, 3.05) is 33.3 Å². The summed E-state index contributed by atoms with van der Waals surface area (Å²) in [5.41, 5.74) is 1.45. The molecule has 0 unspecified atom stereocenters. The Hall–Kier alpha value is -0.380. The van der Waals surface area contributed by atoms with Gasteiger partial charge in [-0.3, -0.25) is 9.89 Å². The maximum Gasteiger partial charge on any atom is 0.191 e. The Morgan fingerprint density at radius 1 is 1.13 bits per heavy atom. The Labute approximate surface area is 204 Å². The topological polar surface area (TPSA) is 48.9 Å². The van der Waals surface area contributed by atoms with E-state index in [-0.39, 0.29) is 24.0 Å². The highest BCUT2D eigenvalue weighted by atomic mass is 127. The van der Waals surface area contributed by atoms with E-state index in [9.17, 15) is 0 Å². The van der Waals surface area contributed by atoms with E-state index in [1.807, 2.05) is 7.05 Å². The van der Waals surface area contributed by atoms with Gasteiger partial charge in [-0.25, -0.2) is 0 Å². The van der Waals surface area contributed by atoms with E-state index < -0.39 is 0 Å². The number of halogens is 1. The van der Waals surface area contributed by atoms with Crippen molar-refractivity contribution in [3.8, 4) is 0 Å². The van der Waals surface area contributed by atoms with Crippen LogP contribution >= 0.6 is 35.3 Å². The van der Waals surface area contributed by atoms with Crippen LogP contribution in [0.2, 0.25) is 0 Å². The largest absolute Gasteiger partial charge is 0.378 e. The van der Waals surface area contributed by atoms with Crippen LogP contribution in [-0.4, -0.2) is 56.3 Å². The number of hydrogen-bond acceptors (Lipinski definition) is 4. The number of likely N-dealkylation sites (tertiary alicyclic amines) is 1. The van der Waals surface area contributed by atoms with Crippen molar-refractivity contribution in [1.82, 2.24) is 15.5 Å². The second-order valence-electron chi connectivity index (χ2n) is 8.52. The second-order valence-corrected chi connectivity index (χ2v) is 9.30. The molecule has 0 aromatic carbocycles. The molecule has 1 aliphatic carbocycles. The monoisotopic (exact) mass is 548 g/mol. The maximum atomic E-state index is 6.09. The van der Waals surface area contributed by atoms with Crippen LogP contribution in [0.5, 0.6) is 0 Å². The van der Waals surface area contributed by atoms with Gasteiger partial charge in [0.05, 0.1) is 6.10 Å². The van der Waals surface area contributed by atoms with Gasteiger partial charge in [0.15, 0.2) is 5.96 Å². The van der Waals surface area contributed by atoms with Crippen molar-refractivity contribution >= 4 is 41.3 Å². The zero-order valence-corrected chi connectivity index (χ0v) is 21.8. The number of unbranched alkanes of at least 4 members (excludes halogenated alkanes) is 1. The summed E-state index contributed by atoms with van der Waals surface area (Å²) in [7, 11) is 1.87. The molecule has 172 valence electrons. The first-order valence-corrected chi connectivity index (χ1v) is 12.6. The number of nitrogens with zero attached hydrogens (tertiary/aromatic N) is 2. The van der Waals surface area contributed by atoms with E-state index in [2.05, 4.69) is 37.4 Å². The van der Waals surface area contributed by atoms with Crippen LogP contribution < -0.4 is 10.6 Å². The van der Waals surface area contributed by atoms with Gasteiger partial charge in [0.25, 0.3) is 0 Å². The molecular weight excluding hydrogens is 507 g/mol. The highest BCUT2D eigenvalue weighted by Crippen LogP contribution is 2.20. The number of hydrogen-bond donors (Lipinski definition) is 2. The Bertz CT molecular complexity index is 568. The summed E-state index contributed by atoms with van der Waals surface area (Å²) in [5.74, 6) is 0.950. The molecule has 0 spiro atoms. The minimum atomic E-state index is 0. The molecule has 30 heavy (non-hydrogen) atoms. The van der Waals surface area contributed by atoms with Crippen LogP contribution in [0.15, 0.2) is 21.8 Å². The van der Waals surface area contributed by atoms with Crippen LogP contribution in [0.1, 0.15) is 69.8 Å². The first kappa shape index (κ1) is 25.9. The first-order chi connectivity index (χ1) is 14.3. The number of aliphatic imine (C=N–C) groups is 1. The predicted octanol–water partition coefficient (Wildman–Crippen LogP) is 5.02. The smallest absolute Gasteiger partial charge is 0.191 e. The third-order valence-electron chi connectivity index (χ3n) is 6.16. The number of thiophene rings is 1. The lowest BCUT2D eigenvalue weighted by molar-refractivity contribution is 0.0411. The molecule has 1 saturated heterocycles.